The van der Waals surface area contributed by atoms with Crippen molar-refractivity contribution in [3.8, 4) is 5.75 Å². The quantitative estimate of drug-likeness (QED) is 0.593. The molecular weight excluding hydrogens is 268 g/mol. The molecule has 0 saturated heterocycles. The summed E-state index contributed by atoms with van der Waals surface area (Å²) in [6.45, 7) is 4.02. The van der Waals surface area contributed by atoms with Crippen LogP contribution >= 0.6 is 0 Å². The van der Waals surface area contributed by atoms with E-state index in [9.17, 15) is 9.90 Å². The third-order valence-electron chi connectivity index (χ3n) is 3.49. The van der Waals surface area contributed by atoms with E-state index in [1.807, 2.05) is 26.0 Å². The molecule has 0 heterocycles. The van der Waals surface area contributed by atoms with E-state index in [4.69, 9.17) is 5.11 Å². The lowest BCUT2D eigenvalue weighted by Crippen LogP contribution is -2.45. The molecule has 1 aromatic rings. The van der Waals surface area contributed by atoms with E-state index in [0.717, 1.165) is 24.8 Å². The second kappa shape index (κ2) is 9.23. The van der Waals surface area contributed by atoms with E-state index in [1.165, 1.54) is 0 Å². The third-order valence-corrected chi connectivity index (χ3v) is 3.49. The molecule has 118 valence electrons. The molecule has 21 heavy (non-hydrogen) atoms. The first-order valence-electron chi connectivity index (χ1n) is 7.51. The van der Waals surface area contributed by atoms with Gasteiger partial charge in [-0.3, -0.25) is 0 Å². The smallest absolute Gasteiger partial charge is 0.315 e. The van der Waals surface area contributed by atoms with Gasteiger partial charge >= 0.3 is 6.03 Å². The molecule has 0 fully saturated rings. The van der Waals surface area contributed by atoms with Gasteiger partial charge in [-0.25, -0.2) is 4.79 Å². The van der Waals surface area contributed by atoms with Gasteiger partial charge < -0.3 is 20.8 Å². The van der Waals surface area contributed by atoms with Crippen LogP contribution in [0.2, 0.25) is 0 Å². The number of hydrogen-bond acceptors (Lipinski definition) is 3. The van der Waals surface area contributed by atoms with Crippen molar-refractivity contribution in [3.05, 3.63) is 29.8 Å². The highest BCUT2D eigenvalue weighted by Gasteiger charge is 2.12. The molecule has 0 radical (unpaired) electrons. The van der Waals surface area contributed by atoms with Crippen LogP contribution in [0.15, 0.2) is 24.3 Å². The minimum Gasteiger partial charge on any atom is -0.508 e. The van der Waals surface area contributed by atoms with Crippen LogP contribution < -0.4 is 10.6 Å². The van der Waals surface area contributed by atoms with Crippen LogP contribution in [0.1, 0.15) is 38.7 Å². The number of amides is 2. The fraction of sp³-hybridized carbons (Fsp3) is 0.562. The summed E-state index contributed by atoms with van der Waals surface area (Å²) in [5, 5.41) is 23.9. The van der Waals surface area contributed by atoms with E-state index < -0.39 is 0 Å². The summed E-state index contributed by atoms with van der Waals surface area (Å²) in [5.74, 6) is 0.263. The second-order valence-electron chi connectivity index (χ2n) is 5.34. The van der Waals surface area contributed by atoms with Crippen molar-refractivity contribution in [3.63, 3.8) is 0 Å². The maximum absolute atomic E-state index is 11.8. The number of rotatable bonds is 8. The van der Waals surface area contributed by atoms with E-state index in [-0.39, 0.29) is 30.5 Å². The number of phenolic OH excluding ortho intramolecular Hbond substituents is 1. The molecule has 2 unspecified atom stereocenters. The van der Waals surface area contributed by atoms with E-state index >= 15 is 0 Å². The van der Waals surface area contributed by atoms with Crippen molar-refractivity contribution in [2.75, 3.05) is 6.61 Å². The summed E-state index contributed by atoms with van der Waals surface area (Å²) >= 11 is 0. The van der Waals surface area contributed by atoms with Crippen molar-refractivity contribution in [2.45, 2.75) is 51.6 Å². The predicted octanol–water partition coefficient (Wildman–Crippen LogP) is 2.17. The first-order chi connectivity index (χ1) is 10.0. The van der Waals surface area contributed by atoms with Gasteiger partial charge in [0.05, 0.1) is 0 Å². The van der Waals surface area contributed by atoms with Crippen molar-refractivity contribution in [2.24, 2.45) is 0 Å². The Balaban J connectivity index is 2.30. The molecule has 4 N–H and O–H groups in total. The average molecular weight is 294 g/mol. The molecule has 5 nitrogen and oxygen atoms in total. The monoisotopic (exact) mass is 294 g/mol. The number of hydrogen-bond donors (Lipinski definition) is 4. The molecule has 0 saturated carbocycles. The van der Waals surface area contributed by atoms with Gasteiger partial charge in [-0.2, -0.15) is 0 Å². The van der Waals surface area contributed by atoms with E-state index in [0.29, 0.717) is 6.42 Å². The lowest BCUT2D eigenvalue weighted by molar-refractivity contribution is 0.225. The highest BCUT2D eigenvalue weighted by Crippen LogP contribution is 2.11. The largest absolute Gasteiger partial charge is 0.508 e. The van der Waals surface area contributed by atoms with Crippen molar-refractivity contribution in [1.29, 1.82) is 0 Å². The number of urea groups is 1. The van der Waals surface area contributed by atoms with E-state index in [1.54, 1.807) is 12.1 Å². The highest BCUT2D eigenvalue weighted by atomic mass is 16.3. The minimum atomic E-state index is -0.187. The third kappa shape index (κ3) is 6.99. The summed E-state index contributed by atoms with van der Waals surface area (Å²) in [7, 11) is 0. The predicted molar refractivity (Wildman–Crippen MR) is 83.3 cm³/mol. The average Bonchev–Trinajstić information content (AvgIpc) is 2.46. The van der Waals surface area contributed by atoms with Crippen LogP contribution in [0.4, 0.5) is 4.79 Å². The number of aryl methyl sites for hydroxylation is 1. The zero-order valence-corrected chi connectivity index (χ0v) is 12.8. The molecule has 0 aliphatic rings. The van der Waals surface area contributed by atoms with E-state index in [2.05, 4.69) is 10.6 Å². The summed E-state index contributed by atoms with van der Waals surface area (Å²) in [6.07, 6.45) is 3.05. The van der Waals surface area contributed by atoms with Gasteiger partial charge in [0.2, 0.25) is 0 Å². The molecule has 0 bridgehead atoms. The number of aliphatic hydroxyl groups is 1. The standard InChI is InChI=1S/C16H26N2O3/c1-3-14(10-11-19)18-16(21)17-12(2)4-5-13-6-8-15(20)9-7-13/h6-9,12,14,19-20H,3-5,10-11H2,1-2H3,(H2,17,18,21). The summed E-state index contributed by atoms with van der Waals surface area (Å²) in [4.78, 5) is 11.8. The maximum atomic E-state index is 11.8. The lowest BCUT2D eigenvalue weighted by Gasteiger charge is -2.19. The normalized spacial score (nSPS) is 13.5. The Morgan fingerprint density at radius 2 is 1.86 bits per heavy atom. The number of benzene rings is 1. The Labute approximate surface area is 126 Å². The van der Waals surface area contributed by atoms with Gasteiger partial charge in [0.25, 0.3) is 0 Å². The Hall–Kier alpha value is -1.75. The van der Waals surface area contributed by atoms with Crippen LogP contribution in [0.5, 0.6) is 5.75 Å². The van der Waals surface area contributed by atoms with Crippen molar-refractivity contribution >= 4 is 6.03 Å². The van der Waals surface area contributed by atoms with Crippen LogP contribution in [0, 0.1) is 0 Å². The molecule has 1 aromatic carbocycles. The van der Waals surface area contributed by atoms with Crippen molar-refractivity contribution < 1.29 is 15.0 Å². The van der Waals surface area contributed by atoms with Gasteiger partial charge in [-0.1, -0.05) is 19.1 Å². The molecule has 0 aromatic heterocycles. The van der Waals surface area contributed by atoms with Gasteiger partial charge in [-0.15, -0.1) is 0 Å². The summed E-state index contributed by atoms with van der Waals surface area (Å²) in [6, 6.07) is 6.99. The van der Waals surface area contributed by atoms with Gasteiger partial charge in [0, 0.05) is 18.7 Å². The lowest BCUT2D eigenvalue weighted by atomic mass is 10.1. The Morgan fingerprint density at radius 1 is 1.19 bits per heavy atom. The zero-order chi connectivity index (χ0) is 15.7. The Morgan fingerprint density at radius 3 is 2.43 bits per heavy atom. The molecule has 5 heteroatoms. The molecule has 2 amide bonds. The Kier molecular flexibility index (Phi) is 7.61. The fourth-order valence-electron chi connectivity index (χ4n) is 2.10. The molecular formula is C16H26N2O3. The van der Waals surface area contributed by atoms with Crippen LogP contribution in [0.3, 0.4) is 0 Å². The number of carbonyl (C=O) groups excluding carboxylic acids is 1. The van der Waals surface area contributed by atoms with Gasteiger partial charge in [0.1, 0.15) is 5.75 Å². The number of phenols is 1. The molecule has 0 aliphatic heterocycles. The Bertz CT molecular complexity index is 420. The number of aliphatic hydroxyl groups excluding tert-OH is 1. The second-order valence-corrected chi connectivity index (χ2v) is 5.34. The summed E-state index contributed by atoms with van der Waals surface area (Å²) < 4.78 is 0. The summed E-state index contributed by atoms with van der Waals surface area (Å²) in [5.41, 5.74) is 1.13. The van der Waals surface area contributed by atoms with Gasteiger partial charge in [0.15, 0.2) is 0 Å². The van der Waals surface area contributed by atoms with Crippen LogP contribution in [-0.4, -0.2) is 34.9 Å². The number of carbonyl (C=O) groups is 1. The highest BCUT2D eigenvalue weighted by molar-refractivity contribution is 5.74. The topological polar surface area (TPSA) is 81.6 Å². The van der Waals surface area contributed by atoms with Crippen LogP contribution in [0.25, 0.3) is 0 Å². The molecule has 1 rings (SSSR count). The minimum absolute atomic E-state index is 0.0132. The SMILES string of the molecule is CCC(CCO)NC(=O)NC(C)CCc1ccc(O)cc1. The fourth-order valence-corrected chi connectivity index (χ4v) is 2.10. The van der Waals surface area contributed by atoms with Gasteiger partial charge in [-0.05, 0) is 50.3 Å². The number of aromatic hydroxyl groups is 1. The molecule has 0 spiro atoms. The molecule has 0 aliphatic carbocycles. The first-order valence-corrected chi connectivity index (χ1v) is 7.51. The number of nitrogens with one attached hydrogen (secondary N) is 2. The maximum Gasteiger partial charge on any atom is 0.315 e. The molecule has 2 atom stereocenters. The first kappa shape index (κ1) is 17.3. The van der Waals surface area contributed by atoms with Crippen LogP contribution in [-0.2, 0) is 6.42 Å². The zero-order valence-electron chi connectivity index (χ0n) is 12.8. The van der Waals surface area contributed by atoms with Crippen molar-refractivity contribution in [1.82, 2.24) is 10.6 Å².